The normalized spacial score (nSPS) is 15.5. The third-order valence-electron chi connectivity index (χ3n) is 4.37. The fourth-order valence-electron chi connectivity index (χ4n) is 2.85. The molecular weight excluding hydrogens is 393 g/mol. The molecule has 0 unspecified atom stereocenters. The van der Waals surface area contributed by atoms with Crippen LogP contribution >= 0.6 is 0 Å². The predicted octanol–water partition coefficient (Wildman–Crippen LogP) is 2.24. The van der Waals surface area contributed by atoms with E-state index in [1.165, 1.54) is 5.56 Å². The number of ether oxygens (including phenoxy) is 3. The van der Waals surface area contributed by atoms with Crippen LogP contribution in [0.4, 0.5) is 13.2 Å². The fourth-order valence-corrected chi connectivity index (χ4v) is 2.85. The summed E-state index contributed by atoms with van der Waals surface area (Å²) in [5.41, 5.74) is 2.43. The first-order chi connectivity index (χ1) is 13.7. The molecule has 0 aromatic heterocycles. The van der Waals surface area contributed by atoms with E-state index in [0.717, 1.165) is 57.2 Å². The van der Waals surface area contributed by atoms with Gasteiger partial charge >= 0.3 is 12.1 Å². The van der Waals surface area contributed by atoms with Gasteiger partial charge in [0.05, 0.1) is 20.3 Å². The van der Waals surface area contributed by atoms with Crippen molar-refractivity contribution in [1.82, 2.24) is 9.80 Å². The second-order valence-corrected chi connectivity index (χ2v) is 6.49. The summed E-state index contributed by atoms with van der Waals surface area (Å²) in [7, 11) is 5.18. The maximum atomic E-state index is 10.6. The topological polar surface area (TPSA) is 71.5 Å². The number of rotatable bonds is 8. The van der Waals surface area contributed by atoms with Crippen molar-refractivity contribution in [1.29, 1.82) is 0 Å². The van der Waals surface area contributed by atoms with E-state index >= 15 is 0 Å². The van der Waals surface area contributed by atoms with Gasteiger partial charge in [0.2, 0.25) is 0 Å². The molecule has 7 nitrogen and oxygen atoms in total. The first-order valence-electron chi connectivity index (χ1n) is 9.09. The smallest absolute Gasteiger partial charge is 0.490 e. The molecule has 0 radical (unpaired) electrons. The highest BCUT2D eigenvalue weighted by Crippen LogP contribution is 2.22. The Morgan fingerprint density at radius 2 is 1.66 bits per heavy atom. The Morgan fingerprint density at radius 1 is 1.07 bits per heavy atom. The van der Waals surface area contributed by atoms with Crippen molar-refractivity contribution in [2.45, 2.75) is 19.3 Å². The molecule has 0 spiro atoms. The minimum absolute atomic E-state index is 0.585. The molecule has 0 saturated carbocycles. The van der Waals surface area contributed by atoms with Gasteiger partial charge < -0.3 is 19.3 Å². The molecule has 1 N–H and O–H groups in total. The molecule has 1 aromatic rings. The monoisotopic (exact) mass is 422 g/mol. The number of halogens is 3. The molecule has 0 aliphatic carbocycles. The Bertz CT molecular complexity index is 620. The van der Waals surface area contributed by atoms with E-state index in [9.17, 15) is 13.2 Å². The van der Waals surface area contributed by atoms with Crippen LogP contribution in [0.25, 0.3) is 0 Å². The van der Waals surface area contributed by atoms with E-state index in [4.69, 9.17) is 24.1 Å². The van der Waals surface area contributed by atoms with E-state index in [-0.39, 0.29) is 0 Å². The van der Waals surface area contributed by atoms with Crippen molar-refractivity contribution in [3.05, 3.63) is 29.3 Å². The van der Waals surface area contributed by atoms with Crippen LogP contribution in [0.5, 0.6) is 5.75 Å². The molecule has 10 heteroatoms. The van der Waals surface area contributed by atoms with Crippen LogP contribution in [0.1, 0.15) is 11.1 Å². The number of aliphatic carboxylic acids is 1. The van der Waals surface area contributed by atoms with Gasteiger partial charge in [0.15, 0.2) is 0 Å². The molecule has 29 heavy (non-hydrogen) atoms. The second-order valence-electron chi connectivity index (χ2n) is 6.49. The number of nitrogens with zero attached hydrogens (tertiary/aromatic N) is 2. The number of hydrogen-bond donors (Lipinski definition) is 1. The van der Waals surface area contributed by atoms with Crippen LogP contribution in [0.15, 0.2) is 18.2 Å². The lowest BCUT2D eigenvalue weighted by atomic mass is 10.1. The number of benzene rings is 1. The van der Waals surface area contributed by atoms with Gasteiger partial charge in [-0.25, -0.2) is 4.79 Å². The van der Waals surface area contributed by atoms with Gasteiger partial charge in [-0.15, -0.1) is 0 Å². The highest BCUT2D eigenvalue weighted by atomic mass is 19.4. The highest BCUT2D eigenvalue weighted by molar-refractivity contribution is 5.73. The van der Waals surface area contributed by atoms with Crippen molar-refractivity contribution in [2.75, 3.05) is 60.7 Å². The Morgan fingerprint density at radius 3 is 2.14 bits per heavy atom. The van der Waals surface area contributed by atoms with Gasteiger partial charge in [0.25, 0.3) is 0 Å². The molecule has 1 saturated heterocycles. The van der Waals surface area contributed by atoms with Crippen LogP contribution in [-0.2, 0) is 27.4 Å². The Hall–Kier alpha value is -1.88. The molecule has 166 valence electrons. The third kappa shape index (κ3) is 9.44. The molecule has 0 amide bonds. The third-order valence-corrected chi connectivity index (χ3v) is 4.37. The van der Waals surface area contributed by atoms with Gasteiger partial charge in [-0.1, -0.05) is 6.07 Å². The molecule has 1 aromatic carbocycles. The van der Waals surface area contributed by atoms with Crippen molar-refractivity contribution < 1.29 is 37.3 Å². The summed E-state index contributed by atoms with van der Waals surface area (Å²) in [5, 5.41) is 7.12. The summed E-state index contributed by atoms with van der Waals surface area (Å²) in [4.78, 5) is 13.9. The summed E-state index contributed by atoms with van der Waals surface area (Å²) in [6, 6.07) is 6.38. The fraction of sp³-hybridized carbons (Fsp3) is 0.632. The zero-order chi connectivity index (χ0) is 21.9. The van der Waals surface area contributed by atoms with Crippen molar-refractivity contribution in [3.8, 4) is 5.75 Å². The number of carboxylic acids is 1. The van der Waals surface area contributed by atoms with Crippen LogP contribution in [0, 0.1) is 0 Å². The van der Waals surface area contributed by atoms with E-state index in [1.807, 2.05) is 6.07 Å². The molecular formula is C19H29F3N2O5. The number of alkyl halides is 3. The molecule has 0 bridgehead atoms. The average Bonchev–Trinajstić information content (AvgIpc) is 2.68. The lowest BCUT2D eigenvalue weighted by Gasteiger charge is -2.34. The summed E-state index contributed by atoms with van der Waals surface area (Å²) >= 11 is 0. The quantitative estimate of drug-likeness (QED) is 0.689. The van der Waals surface area contributed by atoms with E-state index in [1.54, 1.807) is 21.3 Å². The number of methoxy groups -OCH3 is 3. The molecule has 1 heterocycles. The Labute approximate surface area is 168 Å². The number of hydrogen-bond acceptors (Lipinski definition) is 6. The van der Waals surface area contributed by atoms with Gasteiger partial charge in [-0.2, -0.15) is 13.2 Å². The Balaban J connectivity index is 0.000000516. The lowest BCUT2D eigenvalue weighted by molar-refractivity contribution is -0.192. The summed E-state index contributed by atoms with van der Waals surface area (Å²) < 4.78 is 47.5. The predicted molar refractivity (Wildman–Crippen MR) is 101 cm³/mol. The van der Waals surface area contributed by atoms with E-state index < -0.39 is 12.1 Å². The standard InChI is InChI=1S/C17H28N2O3.C2HF3O2/c1-20-11-10-18-6-8-19(9-7-18)13-15-4-5-17(22-3)16(12-15)14-21-2;3-2(4,5)1(6)7/h4-5,12H,6-11,13-14H2,1-3H3;(H,6,7). The average molecular weight is 422 g/mol. The van der Waals surface area contributed by atoms with E-state index in [0.29, 0.717) is 6.61 Å². The minimum atomic E-state index is -5.08. The molecule has 1 fully saturated rings. The van der Waals surface area contributed by atoms with Crippen molar-refractivity contribution >= 4 is 5.97 Å². The number of carbonyl (C=O) groups is 1. The van der Waals surface area contributed by atoms with E-state index in [2.05, 4.69) is 21.9 Å². The van der Waals surface area contributed by atoms with Gasteiger partial charge in [-0.3, -0.25) is 9.80 Å². The zero-order valence-electron chi connectivity index (χ0n) is 17.0. The number of piperazine rings is 1. The molecule has 1 aliphatic rings. The largest absolute Gasteiger partial charge is 0.496 e. The zero-order valence-corrected chi connectivity index (χ0v) is 17.0. The SMILES string of the molecule is COCCN1CCN(Cc2ccc(OC)c(COC)c2)CC1.O=C(O)C(F)(F)F. The van der Waals surface area contributed by atoms with Crippen LogP contribution in [0.3, 0.4) is 0 Å². The van der Waals surface area contributed by atoms with Crippen molar-refractivity contribution in [3.63, 3.8) is 0 Å². The first kappa shape index (κ1) is 25.2. The van der Waals surface area contributed by atoms with Gasteiger partial charge in [-0.05, 0) is 17.7 Å². The summed E-state index contributed by atoms with van der Waals surface area (Å²) in [5.74, 6) is -1.86. The lowest BCUT2D eigenvalue weighted by Crippen LogP contribution is -2.46. The second kappa shape index (κ2) is 12.6. The number of carboxylic acid groups (broad SMARTS) is 1. The first-order valence-corrected chi connectivity index (χ1v) is 9.09. The maximum absolute atomic E-state index is 10.6. The van der Waals surface area contributed by atoms with Gasteiger partial charge in [0.1, 0.15) is 5.75 Å². The summed E-state index contributed by atoms with van der Waals surface area (Å²) in [6.07, 6.45) is -5.08. The Kier molecular flexibility index (Phi) is 11.0. The van der Waals surface area contributed by atoms with Crippen molar-refractivity contribution in [2.24, 2.45) is 0 Å². The van der Waals surface area contributed by atoms with Crippen LogP contribution < -0.4 is 4.74 Å². The molecule has 2 rings (SSSR count). The molecule has 1 aliphatic heterocycles. The van der Waals surface area contributed by atoms with Crippen LogP contribution in [-0.4, -0.2) is 87.7 Å². The summed E-state index contributed by atoms with van der Waals surface area (Å²) in [6.45, 7) is 7.87. The van der Waals surface area contributed by atoms with Crippen LogP contribution in [0.2, 0.25) is 0 Å². The minimum Gasteiger partial charge on any atom is -0.496 e. The maximum Gasteiger partial charge on any atom is 0.490 e. The van der Waals surface area contributed by atoms with Gasteiger partial charge in [0, 0.05) is 59.1 Å². The molecule has 0 atom stereocenters. The highest BCUT2D eigenvalue weighted by Gasteiger charge is 2.38.